The number of ether oxygens (including phenoxy) is 2. The molecule has 3 heteroatoms. The molecule has 16 heavy (non-hydrogen) atoms. The van der Waals surface area contributed by atoms with E-state index in [1.165, 1.54) is 0 Å². The van der Waals surface area contributed by atoms with Crippen LogP contribution in [0, 0.1) is 0 Å². The summed E-state index contributed by atoms with van der Waals surface area (Å²) in [7, 11) is 3.12. The first kappa shape index (κ1) is 12.3. The quantitative estimate of drug-likeness (QED) is 0.565. The Bertz CT molecular complexity index is 372. The zero-order chi connectivity index (χ0) is 12.0. The second-order valence-electron chi connectivity index (χ2n) is 3.28. The predicted molar refractivity (Wildman–Crippen MR) is 63.3 cm³/mol. The molecule has 0 amide bonds. The molecule has 0 aromatic heterocycles. The summed E-state index contributed by atoms with van der Waals surface area (Å²) < 4.78 is 10.2. The molecule has 0 atom stereocenters. The molecule has 0 unspecified atom stereocenters. The van der Waals surface area contributed by atoms with Crippen molar-refractivity contribution in [3.63, 3.8) is 0 Å². The van der Waals surface area contributed by atoms with Crippen molar-refractivity contribution in [1.82, 2.24) is 0 Å². The maximum absolute atomic E-state index is 11.7. The molecule has 0 spiro atoms. The SMILES string of the molecule is CC/C=C/C(=O)c1cc(OC)cc(OC)c1. The highest BCUT2D eigenvalue weighted by molar-refractivity contribution is 6.05. The molecule has 0 saturated carbocycles. The molecule has 0 fully saturated rings. The van der Waals surface area contributed by atoms with Crippen molar-refractivity contribution in [2.75, 3.05) is 14.2 Å². The highest BCUT2D eigenvalue weighted by Crippen LogP contribution is 2.22. The maximum atomic E-state index is 11.7. The lowest BCUT2D eigenvalue weighted by molar-refractivity contribution is 0.104. The molecular formula is C13H16O3. The molecule has 0 saturated heterocycles. The maximum Gasteiger partial charge on any atom is 0.185 e. The van der Waals surface area contributed by atoms with E-state index in [0.29, 0.717) is 17.1 Å². The molecule has 1 aromatic carbocycles. The van der Waals surface area contributed by atoms with Crippen molar-refractivity contribution < 1.29 is 14.3 Å². The van der Waals surface area contributed by atoms with Gasteiger partial charge in [0, 0.05) is 11.6 Å². The zero-order valence-electron chi connectivity index (χ0n) is 9.82. The van der Waals surface area contributed by atoms with Crippen LogP contribution in [0.25, 0.3) is 0 Å². The summed E-state index contributed by atoms with van der Waals surface area (Å²) in [6.07, 6.45) is 4.23. The summed E-state index contributed by atoms with van der Waals surface area (Å²) in [4.78, 5) is 11.7. The molecular weight excluding hydrogens is 204 g/mol. The number of rotatable bonds is 5. The third-order valence-electron chi connectivity index (χ3n) is 2.14. The average Bonchev–Trinajstić information content (AvgIpc) is 2.35. The van der Waals surface area contributed by atoms with Gasteiger partial charge in [-0.25, -0.2) is 0 Å². The second-order valence-corrected chi connectivity index (χ2v) is 3.28. The lowest BCUT2D eigenvalue weighted by Gasteiger charge is -2.06. The highest BCUT2D eigenvalue weighted by atomic mass is 16.5. The molecule has 0 N–H and O–H groups in total. The second kappa shape index (κ2) is 5.95. The van der Waals surface area contributed by atoms with Crippen LogP contribution in [0.15, 0.2) is 30.4 Å². The molecule has 0 heterocycles. The van der Waals surface area contributed by atoms with Gasteiger partial charge in [0.1, 0.15) is 11.5 Å². The summed E-state index contributed by atoms with van der Waals surface area (Å²) in [5.41, 5.74) is 0.570. The van der Waals surface area contributed by atoms with Gasteiger partial charge < -0.3 is 9.47 Å². The van der Waals surface area contributed by atoms with Crippen LogP contribution < -0.4 is 9.47 Å². The van der Waals surface area contributed by atoms with Gasteiger partial charge in [0.2, 0.25) is 0 Å². The minimum absolute atomic E-state index is 0.0425. The van der Waals surface area contributed by atoms with Gasteiger partial charge in [0.25, 0.3) is 0 Å². The normalized spacial score (nSPS) is 10.4. The number of methoxy groups -OCH3 is 2. The number of hydrogen-bond donors (Lipinski definition) is 0. The minimum Gasteiger partial charge on any atom is -0.497 e. The summed E-state index contributed by atoms with van der Waals surface area (Å²) in [6.45, 7) is 1.98. The van der Waals surface area contributed by atoms with E-state index >= 15 is 0 Å². The lowest BCUT2D eigenvalue weighted by Crippen LogP contribution is -1.97. The molecule has 0 bridgehead atoms. The Morgan fingerprint density at radius 1 is 1.19 bits per heavy atom. The number of hydrogen-bond acceptors (Lipinski definition) is 3. The van der Waals surface area contributed by atoms with Crippen LogP contribution in [-0.2, 0) is 0 Å². The van der Waals surface area contributed by atoms with E-state index in [1.807, 2.05) is 13.0 Å². The van der Waals surface area contributed by atoms with E-state index in [2.05, 4.69) is 0 Å². The molecule has 3 nitrogen and oxygen atoms in total. The number of allylic oxidation sites excluding steroid dienone is 2. The Morgan fingerprint density at radius 2 is 1.75 bits per heavy atom. The first-order valence-electron chi connectivity index (χ1n) is 5.15. The van der Waals surface area contributed by atoms with Gasteiger partial charge in [-0.05, 0) is 24.6 Å². The van der Waals surface area contributed by atoms with E-state index in [1.54, 1.807) is 38.5 Å². The molecule has 0 radical (unpaired) electrons. The van der Waals surface area contributed by atoms with E-state index in [-0.39, 0.29) is 5.78 Å². The van der Waals surface area contributed by atoms with Gasteiger partial charge in [-0.3, -0.25) is 4.79 Å². The van der Waals surface area contributed by atoms with Gasteiger partial charge >= 0.3 is 0 Å². The molecule has 1 rings (SSSR count). The standard InChI is InChI=1S/C13H16O3/c1-4-5-6-13(14)10-7-11(15-2)9-12(8-10)16-3/h5-9H,4H2,1-3H3/b6-5+. The summed E-state index contributed by atoms with van der Waals surface area (Å²) in [6, 6.07) is 5.13. The van der Waals surface area contributed by atoms with E-state index in [4.69, 9.17) is 9.47 Å². The lowest BCUT2D eigenvalue weighted by atomic mass is 10.1. The highest BCUT2D eigenvalue weighted by Gasteiger charge is 2.06. The molecule has 0 aliphatic heterocycles. The molecule has 0 aliphatic carbocycles. The van der Waals surface area contributed by atoms with Crippen molar-refractivity contribution in [3.05, 3.63) is 35.9 Å². The van der Waals surface area contributed by atoms with Crippen LogP contribution in [-0.4, -0.2) is 20.0 Å². The molecule has 0 aliphatic rings. The number of benzene rings is 1. The van der Waals surface area contributed by atoms with Gasteiger partial charge in [-0.1, -0.05) is 13.0 Å². The number of carbonyl (C=O) groups is 1. The Morgan fingerprint density at radius 3 is 2.19 bits per heavy atom. The Balaban J connectivity index is 3.03. The fourth-order valence-electron chi connectivity index (χ4n) is 1.27. The van der Waals surface area contributed by atoms with Crippen LogP contribution in [0.3, 0.4) is 0 Å². The van der Waals surface area contributed by atoms with Crippen molar-refractivity contribution in [1.29, 1.82) is 0 Å². The van der Waals surface area contributed by atoms with Crippen molar-refractivity contribution in [2.24, 2.45) is 0 Å². The fourth-order valence-corrected chi connectivity index (χ4v) is 1.27. The topological polar surface area (TPSA) is 35.5 Å². The number of carbonyl (C=O) groups excluding carboxylic acids is 1. The first-order valence-corrected chi connectivity index (χ1v) is 5.15. The monoisotopic (exact) mass is 220 g/mol. The van der Waals surface area contributed by atoms with Crippen LogP contribution in [0.4, 0.5) is 0 Å². The largest absolute Gasteiger partial charge is 0.497 e. The summed E-state index contributed by atoms with van der Waals surface area (Å²) >= 11 is 0. The summed E-state index contributed by atoms with van der Waals surface area (Å²) in [5, 5.41) is 0. The Kier molecular flexibility index (Phi) is 4.58. The Hall–Kier alpha value is -1.77. The molecule has 1 aromatic rings. The minimum atomic E-state index is -0.0425. The van der Waals surface area contributed by atoms with E-state index in [0.717, 1.165) is 6.42 Å². The van der Waals surface area contributed by atoms with Gasteiger partial charge in [0.05, 0.1) is 14.2 Å². The summed E-state index contributed by atoms with van der Waals surface area (Å²) in [5.74, 6) is 1.19. The number of ketones is 1. The average molecular weight is 220 g/mol. The Labute approximate surface area is 95.7 Å². The third-order valence-corrected chi connectivity index (χ3v) is 2.14. The van der Waals surface area contributed by atoms with Gasteiger partial charge in [0.15, 0.2) is 5.78 Å². The van der Waals surface area contributed by atoms with Crippen molar-refractivity contribution in [3.8, 4) is 11.5 Å². The fraction of sp³-hybridized carbons (Fsp3) is 0.308. The first-order chi connectivity index (χ1) is 7.71. The van der Waals surface area contributed by atoms with Crippen molar-refractivity contribution in [2.45, 2.75) is 13.3 Å². The smallest absolute Gasteiger partial charge is 0.185 e. The molecule has 86 valence electrons. The van der Waals surface area contributed by atoms with Crippen LogP contribution >= 0.6 is 0 Å². The van der Waals surface area contributed by atoms with Gasteiger partial charge in [-0.15, -0.1) is 0 Å². The van der Waals surface area contributed by atoms with Gasteiger partial charge in [-0.2, -0.15) is 0 Å². The van der Waals surface area contributed by atoms with Crippen molar-refractivity contribution >= 4 is 5.78 Å². The van der Waals surface area contributed by atoms with E-state index in [9.17, 15) is 4.79 Å². The zero-order valence-corrected chi connectivity index (χ0v) is 9.82. The van der Waals surface area contributed by atoms with Crippen LogP contribution in [0.2, 0.25) is 0 Å². The van der Waals surface area contributed by atoms with E-state index < -0.39 is 0 Å². The third kappa shape index (κ3) is 3.12. The van der Waals surface area contributed by atoms with Crippen LogP contribution in [0.5, 0.6) is 11.5 Å². The van der Waals surface area contributed by atoms with Crippen LogP contribution in [0.1, 0.15) is 23.7 Å². The predicted octanol–water partition coefficient (Wildman–Crippen LogP) is 2.85.